The number of aromatic nitrogens is 1. The number of aldehydes is 1. The van der Waals surface area contributed by atoms with Gasteiger partial charge in [-0.15, -0.1) is 0 Å². The molecule has 0 fully saturated rings. The minimum absolute atomic E-state index is 0.0970. The van der Waals surface area contributed by atoms with Crippen molar-refractivity contribution < 1.29 is 22.8 Å². The van der Waals surface area contributed by atoms with Crippen LogP contribution in [0.2, 0.25) is 0 Å². The SMILES string of the molecule is NC(CC(=O)n1ccc(C=O)c1)Cc1cc(F)c(F)cc1F. The fourth-order valence-electron chi connectivity index (χ4n) is 2.04. The predicted octanol–water partition coefficient (Wildman–Crippen LogP) is 2.32. The molecule has 116 valence electrons. The summed E-state index contributed by atoms with van der Waals surface area (Å²) in [6.07, 6.45) is 3.11. The molecule has 2 rings (SSSR count). The zero-order valence-electron chi connectivity index (χ0n) is 11.4. The van der Waals surface area contributed by atoms with Gasteiger partial charge in [0.25, 0.3) is 0 Å². The topological polar surface area (TPSA) is 65.1 Å². The van der Waals surface area contributed by atoms with Crippen LogP contribution in [0.5, 0.6) is 0 Å². The van der Waals surface area contributed by atoms with Gasteiger partial charge in [0, 0.05) is 36.5 Å². The Morgan fingerprint density at radius 2 is 1.91 bits per heavy atom. The predicted molar refractivity (Wildman–Crippen MR) is 73.1 cm³/mol. The number of carbonyl (C=O) groups excluding carboxylic acids is 2. The van der Waals surface area contributed by atoms with Gasteiger partial charge in [-0.05, 0) is 24.1 Å². The van der Waals surface area contributed by atoms with Gasteiger partial charge in [-0.2, -0.15) is 0 Å². The largest absolute Gasteiger partial charge is 0.327 e. The van der Waals surface area contributed by atoms with Crippen molar-refractivity contribution in [1.82, 2.24) is 4.57 Å². The quantitative estimate of drug-likeness (QED) is 0.681. The van der Waals surface area contributed by atoms with E-state index < -0.39 is 23.5 Å². The molecule has 1 aromatic heterocycles. The summed E-state index contributed by atoms with van der Waals surface area (Å²) in [6.45, 7) is 0. The zero-order valence-corrected chi connectivity index (χ0v) is 11.4. The molecule has 0 bridgehead atoms. The molecule has 2 N–H and O–H groups in total. The van der Waals surface area contributed by atoms with Crippen molar-refractivity contribution in [2.75, 3.05) is 0 Å². The van der Waals surface area contributed by atoms with E-state index in [0.717, 1.165) is 6.07 Å². The molecule has 0 amide bonds. The molecule has 2 aromatic rings. The number of hydrogen-bond acceptors (Lipinski definition) is 3. The number of carbonyl (C=O) groups is 2. The lowest BCUT2D eigenvalue weighted by Gasteiger charge is -2.12. The summed E-state index contributed by atoms with van der Waals surface area (Å²) >= 11 is 0. The van der Waals surface area contributed by atoms with E-state index in [2.05, 4.69) is 0 Å². The maximum Gasteiger partial charge on any atom is 0.232 e. The number of halogens is 3. The van der Waals surface area contributed by atoms with Crippen LogP contribution in [0.15, 0.2) is 30.6 Å². The molecule has 22 heavy (non-hydrogen) atoms. The molecule has 7 heteroatoms. The molecular formula is C15H13F3N2O2. The fourth-order valence-corrected chi connectivity index (χ4v) is 2.04. The van der Waals surface area contributed by atoms with Gasteiger partial charge in [0.2, 0.25) is 5.91 Å². The summed E-state index contributed by atoms with van der Waals surface area (Å²) < 4.78 is 40.6. The Kier molecular flexibility index (Phi) is 4.77. The molecule has 0 saturated heterocycles. The van der Waals surface area contributed by atoms with Crippen LogP contribution in [0.1, 0.15) is 27.1 Å². The van der Waals surface area contributed by atoms with E-state index in [1.54, 1.807) is 0 Å². The normalized spacial score (nSPS) is 12.2. The van der Waals surface area contributed by atoms with Crippen molar-refractivity contribution >= 4 is 12.2 Å². The van der Waals surface area contributed by atoms with Gasteiger partial charge in [-0.3, -0.25) is 14.2 Å². The first-order valence-corrected chi connectivity index (χ1v) is 6.46. The van der Waals surface area contributed by atoms with Crippen molar-refractivity contribution in [3.8, 4) is 0 Å². The van der Waals surface area contributed by atoms with Gasteiger partial charge in [-0.25, -0.2) is 13.2 Å². The van der Waals surface area contributed by atoms with Crippen molar-refractivity contribution in [1.29, 1.82) is 0 Å². The van der Waals surface area contributed by atoms with Crippen LogP contribution >= 0.6 is 0 Å². The Hall–Kier alpha value is -2.41. The first-order chi connectivity index (χ1) is 10.4. The Bertz CT molecular complexity index is 713. The van der Waals surface area contributed by atoms with E-state index in [0.29, 0.717) is 17.9 Å². The molecule has 0 aliphatic heterocycles. The lowest BCUT2D eigenvalue weighted by Crippen LogP contribution is -2.28. The van der Waals surface area contributed by atoms with Gasteiger partial charge >= 0.3 is 0 Å². The highest BCUT2D eigenvalue weighted by atomic mass is 19.2. The van der Waals surface area contributed by atoms with Crippen molar-refractivity contribution in [2.45, 2.75) is 18.9 Å². The third kappa shape index (κ3) is 3.62. The summed E-state index contributed by atoms with van der Waals surface area (Å²) in [4.78, 5) is 22.5. The average molecular weight is 310 g/mol. The van der Waals surface area contributed by atoms with E-state index >= 15 is 0 Å². The maximum atomic E-state index is 13.5. The number of nitrogens with two attached hydrogens (primary N) is 1. The lowest BCUT2D eigenvalue weighted by molar-refractivity contribution is 0.0894. The molecule has 0 aliphatic carbocycles. The van der Waals surface area contributed by atoms with E-state index in [1.165, 1.54) is 23.0 Å². The highest BCUT2D eigenvalue weighted by Gasteiger charge is 2.16. The summed E-state index contributed by atoms with van der Waals surface area (Å²) in [6, 6.07) is 1.87. The summed E-state index contributed by atoms with van der Waals surface area (Å²) in [5.74, 6) is -3.75. The highest BCUT2D eigenvalue weighted by molar-refractivity contribution is 5.82. The van der Waals surface area contributed by atoms with Gasteiger partial charge in [0.1, 0.15) is 5.82 Å². The first kappa shape index (κ1) is 16.0. The smallest absolute Gasteiger partial charge is 0.232 e. The molecule has 0 saturated carbocycles. The third-order valence-corrected chi connectivity index (χ3v) is 3.15. The van der Waals surface area contributed by atoms with Crippen LogP contribution in [0, 0.1) is 17.5 Å². The Morgan fingerprint density at radius 3 is 2.55 bits per heavy atom. The first-order valence-electron chi connectivity index (χ1n) is 6.46. The van der Waals surface area contributed by atoms with Gasteiger partial charge in [0.05, 0.1) is 0 Å². The summed E-state index contributed by atoms with van der Waals surface area (Å²) in [7, 11) is 0. The van der Waals surface area contributed by atoms with E-state index in [1.807, 2.05) is 0 Å². The molecule has 1 atom stereocenters. The minimum atomic E-state index is -1.28. The summed E-state index contributed by atoms with van der Waals surface area (Å²) in [5.41, 5.74) is 6.00. The van der Waals surface area contributed by atoms with Crippen LogP contribution in [0.25, 0.3) is 0 Å². The second-order valence-corrected chi connectivity index (χ2v) is 4.89. The average Bonchev–Trinajstić information content (AvgIpc) is 2.93. The lowest BCUT2D eigenvalue weighted by atomic mass is 10.0. The Labute approximate surface area is 124 Å². The monoisotopic (exact) mass is 310 g/mol. The molecule has 1 heterocycles. The number of nitrogens with zero attached hydrogens (tertiary/aromatic N) is 1. The van der Waals surface area contributed by atoms with Crippen LogP contribution in [-0.2, 0) is 6.42 Å². The number of hydrogen-bond donors (Lipinski definition) is 1. The molecule has 4 nitrogen and oxygen atoms in total. The second-order valence-electron chi connectivity index (χ2n) is 4.89. The standard InChI is InChI=1S/C15H13F3N2O2/c16-12-6-14(18)13(17)4-10(12)3-11(19)5-15(22)20-2-1-9(7-20)8-21/h1-2,4,6-8,11H,3,5,19H2. The van der Waals surface area contributed by atoms with Crippen LogP contribution in [0.3, 0.4) is 0 Å². The molecule has 1 unspecified atom stereocenters. The van der Waals surface area contributed by atoms with Crippen LogP contribution in [-0.4, -0.2) is 22.8 Å². The molecular weight excluding hydrogens is 297 g/mol. The fraction of sp³-hybridized carbons (Fsp3) is 0.200. The van der Waals surface area contributed by atoms with Gasteiger partial charge in [-0.1, -0.05) is 0 Å². The third-order valence-electron chi connectivity index (χ3n) is 3.15. The van der Waals surface area contributed by atoms with E-state index in [4.69, 9.17) is 5.73 Å². The van der Waals surface area contributed by atoms with E-state index in [-0.39, 0.29) is 24.3 Å². The molecule has 0 radical (unpaired) electrons. The highest BCUT2D eigenvalue weighted by Crippen LogP contribution is 2.16. The minimum Gasteiger partial charge on any atom is -0.327 e. The number of rotatable bonds is 5. The summed E-state index contributed by atoms with van der Waals surface area (Å²) in [5, 5.41) is 0. The Balaban J connectivity index is 2.03. The molecule has 0 spiro atoms. The van der Waals surface area contributed by atoms with Crippen molar-refractivity contribution in [2.24, 2.45) is 5.73 Å². The zero-order chi connectivity index (χ0) is 16.3. The molecule has 1 aromatic carbocycles. The van der Waals surface area contributed by atoms with E-state index in [9.17, 15) is 22.8 Å². The number of benzene rings is 1. The van der Waals surface area contributed by atoms with Crippen LogP contribution < -0.4 is 5.73 Å². The molecule has 0 aliphatic rings. The van der Waals surface area contributed by atoms with Crippen molar-refractivity contribution in [3.05, 3.63) is 59.2 Å². The van der Waals surface area contributed by atoms with Gasteiger partial charge in [0.15, 0.2) is 17.9 Å². The van der Waals surface area contributed by atoms with Gasteiger partial charge < -0.3 is 5.73 Å². The van der Waals surface area contributed by atoms with Crippen LogP contribution in [0.4, 0.5) is 13.2 Å². The second kappa shape index (κ2) is 6.57. The maximum absolute atomic E-state index is 13.5. The van der Waals surface area contributed by atoms with Crippen molar-refractivity contribution in [3.63, 3.8) is 0 Å². The Morgan fingerprint density at radius 1 is 1.23 bits per heavy atom.